The van der Waals surface area contributed by atoms with Crippen molar-refractivity contribution >= 4 is 34.9 Å². The van der Waals surface area contributed by atoms with Crippen LogP contribution in [0.3, 0.4) is 0 Å². The first-order valence-electron chi connectivity index (χ1n) is 7.44. The highest BCUT2D eigenvalue weighted by Crippen LogP contribution is 2.42. The van der Waals surface area contributed by atoms with E-state index in [0.29, 0.717) is 21.9 Å². The van der Waals surface area contributed by atoms with E-state index in [1.807, 2.05) is 17.5 Å². The quantitative estimate of drug-likeness (QED) is 0.782. The minimum absolute atomic E-state index is 0.0251. The van der Waals surface area contributed by atoms with Crippen LogP contribution in [0.1, 0.15) is 31.6 Å². The smallest absolute Gasteiger partial charge is 0.336 e. The Morgan fingerprint density at radius 3 is 2.79 bits per heavy atom. The number of nitriles is 1. The van der Waals surface area contributed by atoms with Crippen molar-refractivity contribution in [2.45, 2.75) is 26.7 Å². The number of rotatable bonds is 6. The highest BCUT2D eigenvalue weighted by atomic mass is 32.2. The molecule has 24 heavy (non-hydrogen) atoms. The predicted octanol–water partition coefficient (Wildman–Crippen LogP) is 3.33. The summed E-state index contributed by atoms with van der Waals surface area (Å²) in [6.45, 7) is 5.31. The number of carbonyl (C=O) groups is 2. The van der Waals surface area contributed by atoms with Crippen molar-refractivity contribution in [3.8, 4) is 6.07 Å². The Hall–Kier alpha value is -2.04. The zero-order valence-corrected chi connectivity index (χ0v) is 15.3. The summed E-state index contributed by atoms with van der Waals surface area (Å²) in [6, 6.07) is 6.00. The van der Waals surface area contributed by atoms with Crippen molar-refractivity contribution in [3.05, 3.63) is 44.3 Å². The summed E-state index contributed by atoms with van der Waals surface area (Å²) in [7, 11) is 0. The number of nitrogens with zero attached hydrogens (tertiary/aromatic N) is 1. The van der Waals surface area contributed by atoms with Crippen LogP contribution >= 0.6 is 23.1 Å². The summed E-state index contributed by atoms with van der Waals surface area (Å²) in [5.74, 6) is -0.599. The molecule has 1 N–H and O–H groups in total. The summed E-state index contributed by atoms with van der Waals surface area (Å²) in [5.41, 5.74) is 1.54. The van der Waals surface area contributed by atoms with Gasteiger partial charge in [-0.3, -0.25) is 4.79 Å². The molecule has 0 saturated carbocycles. The number of nitrogens with one attached hydrogen (secondary N) is 1. The third kappa shape index (κ3) is 3.89. The van der Waals surface area contributed by atoms with Crippen LogP contribution in [0, 0.1) is 11.3 Å². The lowest BCUT2D eigenvalue weighted by atomic mass is 9.87. The van der Waals surface area contributed by atoms with Crippen LogP contribution < -0.4 is 5.32 Å². The molecule has 0 bridgehead atoms. The number of hydrogen-bond donors (Lipinski definition) is 1. The van der Waals surface area contributed by atoms with E-state index in [1.54, 1.807) is 13.8 Å². The molecule has 1 atom stereocenters. The Kier molecular flexibility index (Phi) is 6.23. The highest BCUT2D eigenvalue weighted by Gasteiger charge is 2.36. The van der Waals surface area contributed by atoms with E-state index in [0.717, 1.165) is 4.88 Å². The first-order chi connectivity index (χ1) is 11.5. The van der Waals surface area contributed by atoms with Crippen molar-refractivity contribution in [1.82, 2.24) is 5.32 Å². The van der Waals surface area contributed by atoms with Crippen molar-refractivity contribution in [3.63, 3.8) is 0 Å². The van der Waals surface area contributed by atoms with E-state index in [9.17, 15) is 14.9 Å². The molecule has 1 aliphatic rings. The molecule has 5 nitrogen and oxygen atoms in total. The Bertz CT molecular complexity index is 742. The van der Waals surface area contributed by atoms with Gasteiger partial charge >= 0.3 is 5.97 Å². The number of esters is 1. The lowest BCUT2D eigenvalue weighted by molar-refractivity contribution is -0.138. The van der Waals surface area contributed by atoms with Crippen LogP contribution in [0.2, 0.25) is 0 Å². The lowest BCUT2D eigenvalue weighted by Crippen LogP contribution is -2.28. The number of dihydropyridines is 1. The maximum Gasteiger partial charge on any atom is 0.336 e. The summed E-state index contributed by atoms with van der Waals surface area (Å²) in [5, 5.41) is 15.3. The molecule has 0 radical (unpaired) electrons. The predicted molar refractivity (Wildman–Crippen MR) is 95.3 cm³/mol. The molecular formula is C17H18N2O3S2. The van der Waals surface area contributed by atoms with E-state index in [-0.39, 0.29) is 18.1 Å². The molecule has 0 aromatic carbocycles. The van der Waals surface area contributed by atoms with Gasteiger partial charge < -0.3 is 10.1 Å². The topological polar surface area (TPSA) is 79.2 Å². The molecule has 2 heterocycles. The Balaban J connectivity index is 2.51. The van der Waals surface area contributed by atoms with Gasteiger partial charge in [0.25, 0.3) is 0 Å². The van der Waals surface area contributed by atoms with Gasteiger partial charge in [0.15, 0.2) is 0 Å². The van der Waals surface area contributed by atoms with Crippen LogP contribution in [0.5, 0.6) is 0 Å². The van der Waals surface area contributed by atoms with Gasteiger partial charge in [0.2, 0.25) is 0 Å². The largest absolute Gasteiger partial charge is 0.463 e. The maximum absolute atomic E-state index is 12.4. The van der Waals surface area contributed by atoms with Crippen LogP contribution in [-0.2, 0) is 14.3 Å². The molecule has 1 aliphatic heterocycles. The van der Waals surface area contributed by atoms with Gasteiger partial charge in [-0.15, -0.1) is 11.3 Å². The molecule has 1 aromatic rings. The molecule has 0 aliphatic carbocycles. The molecule has 0 spiro atoms. The fourth-order valence-corrected chi connectivity index (χ4v) is 4.15. The summed E-state index contributed by atoms with van der Waals surface area (Å²) < 4.78 is 5.18. The number of allylic oxidation sites excluding steroid dienone is 2. The third-order valence-electron chi connectivity index (χ3n) is 3.39. The fourth-order valence-electron chi connectivity index (χ4n) is 2.42. The Labute approximate surface area is 149 Å². The molecule has 0 saturated heterocycles. The molecular weight excluding hydrogens is 344 g/mol. The van der Waals surface area contributed by atoms with E-state index in [1.165, 1.54) is 30.0 Å². The van der Waals surface area contributed by atoms with Gasteiger partial charge in [0.1, 0.15) is 5.78 Å². The van der Waals surface area contributed by atoms with Gasteiger partial charge in [-0.1, -0.05) is 17.8 Å². The van der Waals surface area contributed by atoms with Gasteiger partial charge in [0.05, 0.1) is 40.5 Å². The monoisotopic (exact) mass is 362 g/mol. The number of Topliss-reactive ketones (excluding diaryl/α,β-unsaturated/α-hetero) is 1. The zero-order valence-electron chi connectivity index (χ0n) is 13.7. The standard InChI is InChI=1S/C17H18N2O3S2/c1-4-22-17(21)14-11(3)19-16(24-9-10(2)20)12(8-18)15(14)13-6-5-7-23-13/h5-7,15,19H,4,9H2,1-3H3. The number of thiophene rings is 1. The molecule has 1 aromatic heterocycles. The van der Waals surface area contributed by atoms with Gasteiger partial charge in [-0.25, -0.2) is 4.79 Å². The SMILES string of the molecule is CCOC(=O)C1=C(C)NC(SCC(C)=O)=C(C#N)C1c1cccs1. The van der Waals surface area contributed by atoms with Gasteiger partial charge in [-0.2, -0.15) is 5.26 Å². The zero-order chi connectivity index (χ0) is 17.7. The Morgan fingerprint density at radius 1 is 1.50 bits per heavy atom. The Morgan fingerprint density at radius 2 is 2.25 bits per heavy atom. The second-order valence-corrected chi connectivity index (χ2v) is 7.14. The maximum atomic E-state index is 12.4. The van der Waals surface area contributed by atoms with E-state index >= 15 is 0 Å². The second-order valence-electron chi connectivity index (χ2n) is 5.18. The average Bonchev–Trinajstić information content (AvgIpc) is 3.06. The number of ketones is 1. The summed E-state index contributed by atoms with van der Waals surface area (Å²) >= 11 is 2.77. The first-order valence-corrected chi connectivity index (χ1v) is 9.30. The lowest BCUT2D eigenvalue weighted by Gasteiger charge is -2.28. The number of hydrogen-bond acceptors (Lipinski definition) is 7. The van der Waals surface area contributed by atoms with Crippen LogP contribution in [-0.4, -0.2) is 24.1 Å². The molecule has 1 unspecified atom stereocenters. The third-order valence-corrected chi connectivity index (χ3v) is 5.49. The average molecular weight is 362 g/mol. The molecule has 0 amide bonds. The van der Waals surface area contributed by atoms with Crippen LogP contribution in [0.4, 0.5) is 0 Å². The second kappa shape index (κ2) is 8.18. The van der Waals surface area contributed by atoms with Gasteiger partial charge in [-0.05, 0) is 32.2 Å². The number of carbonyl (C=O) groups excluding carboxylic acids is 2. The normalized spacial score (nSPS) is 17.3. The van der Waals surface area contributed by atoms with Crippen molar-refractivity contribution in [1.29, 1.82) is 5.26 Å². The minimum atomic E-state index is -0.468. The molecule has 2 rings (SSSR count). The molecule has 126 valence electrons. The number of thioether (sulfide) groups is 1. The summed E-state index contributed by atoms with van der Waals surface area (Å²) in [6.07, 6.45) is 0. The highest BCUT2D eigenvalue weighted by molar-refractivity contribution is 8.03. The summed E-state index contributed by atoms with van der Waals surface area (Å²) in [4.78, 5) is 24.6. The fraction of sp³-hybridized carbons (Fsp3) is 0.353. The minimum Gasteiger partial charge on any atom is -0.463 e. The van der Waals surface area contributed by atoms with Gasteiger partial charge in [0, 0.05) is 10.6 Å². The van der Waals surface area contributed by atoms with Crippen LogP contribution in [0.15, 0.2) is 39.4 Å². The molecule has 7 heteroatoms. The van der Waals surface area contributed by atoms with Crippen molar-refractivity contribution < 1.29 is 14.3 Å². The van der Waals surface area contributed by atoms with E-state index in [4.69, 9.17) is 4.74 Å². The van der Waals surface area contributed by atoms with Crippen molar-refractivity contribution in [2.75, 3.05) is 12.4 Å². The molecule has 0 fully saturated rings. The van der Waals surface area contributed by atoms with Crippen LogP contribution in [0.25, 0.3) is 0 Å². The first kappa shape index (κ1) is 18.3. The van der Waals surface area contributed by atoms with E-state index < -0.39 is 11.9 Å². The van der Waals surface area contributed by atoms with E-state index in [2.05, 4.69) is 11.4 Å². The van der Waals surface area contributed by atoms with Crippen molar-refractivity contribution in [2.24, 2.45) is 0 Å². The number of ether oxygens (including phenoxy) is 1.